The van der Waals surface area contributed by atoms with E-state index in [-0.39, 0.29) is 6.04 Å². The van der Waals surface area contributed by atoms with Crippen LogP contribution in [0.1, 0.15) is 24.1 Å². The minimum Gasteiger partial charge on any atom is -0.494 e. The van der Waals surface area contributed by atoms with Crippen LogP contribution in [0.2, 0.25) is 0 Å². The summed E-state index contributed by atoms with van der Waals surface area (Å²) in [5, 5.41) is 2.42. The number of benzene rings is 3. The monoisotopic (exact) mass is 277 g/mol. The molecule has 2 N–H and O–H groups in total. The molecule has 0 amide bonds. The van der Waals surface area contributed by atoms with Crippen molar-refractivity contribution >= 4 is 10.8 Å². The first-order chi connectivity index (χ1) is 10.3. The molecule has 21 heavy (non-hydrogen) atoms. The lowest BCUT2D eigenvalue weighted by atomic mass is 9.94. The smallest absolute Gasteiger partial charge is 0.119 e. The minimum absolute atomic E-state index is 0.156. The molecule has 106 valence electrons. The number of hydrogen-bond donors (Lipinski definition) is 1. The van der Waals surface area contributed by atoms with E-state index in [2.05, 4.69) is 42.5 Å². The first-order valence-corrected chi connectivity index (χ1v) is 7.25. The quantitative estimate of drug-likeness (QED) is 0.772. The number of rotatable bonds is 4. The fourth-order valence-electron chi connectivity index (χ4n) is 2.67. The fraction of sp³-hybridized carbons (Fsp3) is 0.158. The van der Waals surface area contributed by atoms with Crippen molar-refractivity contribution in [3.8, 4) is 5.75 Å². The summed E-state index contributed by atoms with van der Waals surface area (Å²) in [6.07, 6.45) is 0. The van der Waals surface area contributed by atoms with Crippen LogP contribution in [0.4, 0.5) is 0 Å². The molecule has 0 aromatic heterocycles. The van der Waals surface area contributed by atoms with Gasteiger partial charge in [-0.3, -0.25) is 0 Å². The Kier molecular flexibility index (Phi) is 3.89. The maximum Gasteiger partial charge on any atom is 0.119 e. The first kappa shape index (κ1) is 13.7. The summed E-state index contributed by atoms with van der Waals surface area (Å²) < 4.78 is 5.56. The molecule has 2 nitrogen and oxygen atoms in total. The zero-order chi connectivity index (χ0) is 14.7. The summed E-state index contributed by atoms with van der Waals surface area (Å²) in [6, 6.07) is 22.5. The van der Waals surface area contributed by atoms with Crippen LogP contribution in [0.25, 0.3) is 10.8 Å². The zero-order valence-electron chi connectivity index (χ0n) is 12.1. The molecular formula is C19H19NO. The van der Waals surface area contributed by atoms with Crippen molar-refractivity contribution < 1.29 is 4.74 Å². The van der Waals surface area contributed by atoms with E-state index >= 15 is 0 Å². The van der Waals surface area contributed by atoms with Crippen molar-refractivity contribution in [2.75, 3.05) is 6.61 Å². The maximum atomic E-state index is 6.49. The highest BCUT2D eigenvalue weighted by Gasteiger charge is 2.12. The van der Waals surface area contributed by atoms with Gasteiger partial charge in [-0.15, -0.1) is 0 Å². The van der Waals surface area contributed by atoms with Gasteiger partial charge in [0, 0.05) is 0 Å². The highest BCUT2D eigenvalue weighted by molar-refractivity contribution is 5.86. The van der Waals surface area contributed by atoms with Gasteiger partial charge in [0.1, 0.15) is 5.75 Å². The van der Waals surface area contributed by atoms with Crippen LogP contribution < -0.4 is 10.5 Å². The van der Waals surface area contributed by atoms with Gasteiger partial charge in [0.05, 0.1) is 12.6 Å². The molecule has 0 heterocycles. The van der Waals surface area contributed by atoms with Gasteiger partial charge in [-0.25, -0.2) is 0 Å². The largest absolute Gasteiger partial charge is 0.494 e. The van der Waals surface area contributed by atoms with E-state index in [1.165, 1.54) is 10.8 Å². The molecule has 0 aliphatic carbocycles. The number of nitrogens with two attached hydrogens (primary N) is 1. The lowest BCUT2D eigenvalue weighted by Crippen LogP contribution is -2.12. The third-order valence-electron chi connectivity index (χ3n) is 3.69. The number of ether oxygens (including phenoxy) is 1. The van der Waals surface area contributed by atoms with Crippen LogP contribution in [0.15, 0.2) is 66.7 Å². The van der Waals surface area contributed by atoms with E-state index in [0.717, 1.165) is 16.9 Å². The van der Waals surface area contributed by atoms with Crippen molar-refractivity contribution in [1.29, 1.82) is 0 Å². The fourth-order valence-corrected chi connectivity index (χ4v) is 2.67. The zero-order valence-corrected chi connectivity index (χ0v) is 12.1. The number of hydrogen-bond acceptors (Lipinski definition) is 2. The molecule has 0 fully saturated rings. The topological polar surface area (TPSA) is 35.2 Å². The second-order valence-electron chi connectivity index (χ2n) is 5.05. The van der Waals surface area contributed by atoms with Gasteiger partial charge < -0.3 is 10.5 Å². The molecule has 3 aromatic rings. The van der Waals surface area contributed by atoms with E-state index in [1.54, 1.807) is 0 Å². The van der Waals surface area contributed by atoms with Crippen LogP contribution in [0.3, 0.4) is 0 Å². The van der Waals surface area contributed by atoms with Crippen molar-refractivity contribution in [2.45, 2.75) is 13.0 Å². The third kappa shape index (κ3) is 2.76. The van der Waals surface area contributed by atoms with Gasteiger partial charge in [-0.05, 0) is 41.0 Å². The summed E-state index contributed by atoms with van der Waals surface area (Å²) >= 11 is 0. The van der Waals surface area contributed by atoms with E-state index in [9.17, 15) is 0 Å². The van der Waals surface area contributed by atoms with Crippen LogP contribution in [0, 0.1) is 0 Å². The summed E-state index contributed by atoms with van der Waals surface area (Å²) in [4.78, 5) is 0. The number of fused-ring (bicyclic) bond motifs is 1. The van der Waals surface area contributed by atoms with Gasteiger partial charge >= 0.3 is 0 Å². The molecule has 0 radical (unpaired) electrons. The van der Waals surface area contributed by atoms with Gasteiger partial charge in [0.2, 0.25) is 0 Å². The Labute approximate surface area is 125 Å². The first-order valence-electron chi connectivity index (χ1n) is 7.25. The standard InChI is InChI=1S/C19H19NO/c1-2-21-16-10-5-9-15(13-16)19(20)18-12-6-8-14-7-3-4-11-17(14)18/h3-13,19H,2,20H2,1H3. The Morgan fingerprint density at radius 3 is 2.57 bits per heavy atom. The summed E-state index contributed by atoms with van der Waals surface area (Å²) in [5.41, 5.74) is 8.70. The summed E-state index contributed by atoms with van der Waals surface area (Å²) in [6.45, 7) is 2.64. The Balaban J connectivity index is 2.04. The molecule has 3 rings (SSSR count). The van der Waals surface area contributed by atoms with E-state index in [0.29, 0.717) is 6.61 Å². The molecular weight excluding hydrogens is 258 g/mol. The average Bonchev–Trinajstić information content (AvgIpc) is 2.54. The second kappa shape index (κ2) is 5.98. The highest BCUT2D eigenvalue weighted by Crippen LogP contribution is 2.28. The maximum absolute atomic E-state index is 6.49. The Bertz CT molecular complexity index is 746. The lowest BCUT2D eigenvalue weighted by molar-refractivity contribution is 0.340. The molecule has 1 unspecified atom stereocenters. The predicted octanol–water partition coefficient (Wildman–Crippen LogP) is 4.29. The molecule has 3 aromatic carbocycles. The highest BCUT2D eigenvalue weighted by atomic mass is 16.5. The van der Waals surface area contributed by atoms with Gasteiger partial charge in [0.25, 0.3) is 0 Å². The van der Waals surface area contributed by atoms with Crippen LogP contribution >= 0.6 is 0 Å². The Morgan fingerprint density at radius 2 is 1.71 bits per heavy atom. The third-order valence-corrected chi connectivity index (χ3v) is 3.69. The second-order valence-corrected chi connectivity index (χ2v) is 5.05. The van der Waals surface area contributed by atoms with Crippen LogP contribution in [-0.4, -0.2) is 6.61 Å². The van der Waals surface area contributed by atoms with E-state index in [4.69, 9.17) is 10.5 Å². The Hall–Kier alpha value is -2.32. The molecule has 0 saturated heterocycles. The van der Waals surface area contributed by atoms with Crippen LogP contribution in [0.5, 0.6) is 5.75 Å². The van der Waals surface area contributed by atoms with Crippen molar-refractivity contribution in [1.82, 2.24) is 0 Å². The molecule has 0 aliphatic heterocycles. The molecule has 0 bridgehead atoms. The summed E-state index contributed by atoms with van der Waals surface area (Å²) in [7, 11) is 0. The van der Waals surface area contributed by atoms with E-state index < -0.39 is 0 Å². The van der Waals surface area contributed by atoms with Gasteiger partial charge in [0.15, 0.2) is 0 Å². The van der Waals surface area contributed by atoms with Crippen molar-refractivity contribution in [3.63, 3.8) is 0 Å². The Morgan fingerprint density at radius 1 is 0.952 bits per heavy atom. The molecule has 1 atom stereocenters. The lowest BCUT2D eigenvalue weighted by Gasteiger charge is -2.16. The molecule has 0 spiro atoms. The SMILES string of the molecule is CCOc1cccc(C(N)c2cccc3ccccc23)c1. The van der Waals surface area contributed by atoms with Gasteiger partial charge in [-0.2, -0.15) is 0 Å². The average molecular weight is 277 g/mol. The van der Waals surface area contributed by atoms with Crippen molar-refractivity contribution in [2.24, 2.45) is 5.73 Å². The molecule has 0 saturated carbocycles. The predicted molar refractivity (Wildman–Crippen MR) is 87.6 cm³/mol. The van der Waals surface area contributed by atoms with Crippen molar-refractivity contribution in [3.05, 3.63) is 77.9 Å². The minimum atomic E-state index is -0.156. The molecule has 0 aliphatic rings. The van der Waals surface area contributed by atoms with Gasteiger partial charge in [-0.1, -0.05) is 54.6 Å². The molecule has 2 heteroatoms. The normalized spacial score (nSPS) is 12.3. The summed E-state index contributed by atoms with van der Waals surface area (Å²) in [5.74, 6) is 0.866. The van der Waals surface area contributed by atoms with E-state index in [1.807, 2.05) is 31.2 Å². The van der Waals surface area contributed by atoms with Crippen LogP contribution in [-0.2, 0) is 0 Å².